The van der Waals surface area contributed by atoms with Crippen LogP contribution in [0.3, 0.4) is 0 Å². The molecule has 0 radical (unpaired) electrons. The number of rotatable bonds is 3. The van der Waals surface area contributed by atoms with Gasteiger partial charge in [0.25, 0.3) is 0 Å². The fourth-order valence-electron chi connectivity index (χ4n) is 1.42. The molecule has 0 bridgehead atoms. The number of halogens is 2. The van der Waals surface area contributed by atoms with Crippen molar-refractivity contribution in [1.29, 1.82) is 0 Å². The third-order valence-corrected chi connectivity index (χ3v) is 2.62. The van der Waals surface area contributed by atoms with Crippen LogP contribution >= 0.6 is 11.6 Å². The van der Waals surface area contributed by atoms with Crippen molar-refractivity contribution < 1.29 is 13.9 Å². The van der Waals surface area contributed by atoms with Gasteiger partial charge in [0.15, 0.2) is 11.5 Å². The van der Waals surface area contributed by atoms with Crippen molar-refractivity contribution in [1.82, 2.24) is 4.98 Å². The molecular weight excluding hydrogens is 257 g/mol. The third-order valence-electron chi connectivity index (χ3n) is 2.35. The van der Waals surface area contributed by atoms with Gasteiger partial charge < -0.3 is 9.47 Å². The molecule has 0 fully saturated rings. The Kier molecular flexibility index (Phi) is 3.67. The van der Waals surface area contributed by atoms with Crippen LogP contribution in [0, 0.1) is 12.7 Å². The minimum absolute atomic E-state index is 0.115. The van der Waals surface area contributed by atoms with Crippen molar-refractivity contribution in [3.63, 3.8) is 0 Å². The molecule has 0 aliphatic rings. The zero-order valence-corrected chi connectivity index (χ0v) is 10.7. The quantitative estimate of drug-likeness (QED) is 0.843. The Morgan fingerprint density at radius 2 is 1.89 bits per heavy atom. The second-order valence-corrected chi connectivity index (χ2v) is 4.00. The Morgan fingerprint density at radius 1 is 1.22 bits per heavy atom. The highest BCUT2D eigenvalue weighted by atomic mass is 35.5. The Bertz CT molecular complexity index is 575. The van der Waals surface area contributed by atoms with Gasteiger partial charge in [-0.2, -0.15) is 0 Å². The van der Waals surface area contributed by atoms with Gasteiger partial charge in [-0.15, -0.1) is 0 Å². The molecule has 0 saturated carbocycles. The van der Waals surface area contributed by atoms with E-state index >= 15 is 0 Å². The SMILES string of the molecule is COc1ccccc1Oc1nc(C)c(F)cc1Cl. The first-order valence-corrected chi connectivity index (χ1v) is 5.63. The highest BCUT2D eigenvalue weighted by Gasteiger charge is 2.12. The Balaban J connectivity index is 2.37. The second kappa shape index (κ2) is 5.23. The van der Waals surface area contributed by atoms with Gasteiger partial charge in [-0.3, -0.25) is 0 Å². The lowest BCUT2D eigenvalue weighted by molar-refractivity contribution is 0.373. The second-order valence-electron chi connectivity index (χ2n) is 3.60. The normalized spacial score (nSPS) is 10.2. The van der Waals surface area contributed by atoms with E-state index in [1.807, 2.05) is 6.07 Å². The summed E-state index contributed by atoms with van der Waals surface area (Å²) in [5, 5.41) is 0.115. The smallest absolute Gasteiger partial charge is 0.238 e. The van der Waals surface area contributed by atoms with Crippen LogP contribution < -0.4 is 9.47 Å². The molecule has 3 nitrogen and oxygen atoms in total. The van der Waals surface area contributed by atoms with Crippen LogP contribution in [-0.4, -0.2) is 12.1 Å². The van der Waals surface area contributed by atoms with Gasteiger partial charge in [-0.1, -0.05) is 23.7 Å². The summed E-state index contributed by atoms with van der Waals surface area (Å²) in [6, 6.07) is 8.25. The highest BCUT2D eigenvalue weighted by Crippen LogP contribution is 2.33. The van der Waals surface area contributed by atoms with Crippen LogP contribution in [0.1, 0.15) is 5.69 Å². The maximum Gasteiger partial charge on any atom is 0.238 e. The number of hydrogen-bond acceptors (Lipinski definition) is 3. The first kappa shape index (κ1) is 12.6. The molecule has 2 rings (SSSR count). The van der Waals surface area contributed by atoms with E-state index in [1.165, 1.54) is 13.2 Å². The van der Waals surface area contributed by atoms with Gasteiger partial charge in [-0.25, -0.2) is 9.37 Å². The van der Waals surface area contributed by atoms with E-state index in [-0.39, 0.29) is 16.6 Å². The standard InChI is InChI=1S/C13H11ClFNO2/c1-8-10(15)7-9(14)13(16-8)18-12-6-4-3-5-11(12)17-2/h3-7H,1-2H3. The van der Waals surface area contributed by atoms with Gasteiger partial charge in [0.05, 0.1) is 12.8 Å². The maximum absolute atomic E-state index is 13.2. The molecule has 1 aromatic heterocycles. The van der Waals surface area contributed by atoms with Crippen molar-refractivity contribution in [2.24, 2.45) is 0 Å². The molecule has 1 aromatic carbocycles. The molecule has 0 unspecified atom stereocenters. The van der Waals surface area contributed by atoms with Crippen molar-refractivity contribution in [3.8, 4) is 17.4 Å². The summed E-state index contributed by atoms with van der Waals surface area (Å²) in [6.07, 6.45) is 0. The van der Waals surface area contributed by atoms with E-state index < -0.39 is 5.82 Å². The number of nitrogens with zero attached hydrogens (tertiary/aromatic N) is 1. The molecule has 18 heavy (non-hydrogen) atoms. The van der Waals surface area contributed by atoms with Gasteiger partial charge in [-0.05, 0) is 25.1 Å². The van der Waals surface area contributed by atoms with Gasteiger partial charge in [0.2, 0.25) is 5.88 Å². The molecule has 2 aromatic rings. The van der Waals surface area contributed by atoms with Crippen molar-refractivity contribution in [2.75, 3.05) is 7.11 Å². The molecule has 0 spiro atoms. The van der Waals surface area contributed by atoms with Crippen LogP contribution in [0.15, 0.2) is 30.3 Å². The number of pyridine rings is 1. The monoisotopic (exact) mass is 267 g/mol. The van der Waals surface area contributed by atoms with E-state index in [9.17, 15) is 4.39 Å². The number of benzene rings is 1. The van der Waals surface area contributed by atoms with Crippen molar-refractivity contribution in [3.05, 3.63) is 46.9 Å². The number of hydrogen-bond donors (Lipinski definition) is 0. The lowest BCUT2D eigenvalue weighted by atomic mass is 10.3. The van der Waals surface area contributed by atoms with Gasteiger partial charge in [0.1, 0.15) is 10.8 Å². The van der Waals surface area contributed by atoms with E-state index in [0.717, 1.165) is 0 Å². The lowest BCUT2D eigenvalue weighted by Crippen LogP contribution is -1.96. The van der Waals surface area contributed by atoms with E-state index in [4.69, 9.17) is 21.1 Å². The average molecular weight is 268 g/mol. The topological polar surface area (TPSA) is 31.4 Å². The molecule has 0 N–H and O–H groups in total. The summed E-state index contributed by atoms with van der Waals surface area (Å²) < 4.78 is 23.9. The summed E-state index contributed by atoms with van der Waals surface area (Å²) in [7, 11) is 1.53. The van der Waals surface area contributed by atoms with E-state index in [2.05, 4.69) is 4.98 Å². The molecule has 0 aliphatic carbocycles. The van der Waals surface area contributed by atoms with E-state index in [1.54, 1.807) is 25.1 Å². The average Bonchev–Trinajstić information content (AvgIpc) is 2.36. The number of ether oxygens (including phenoxy) is 2. The zero-order chi connectivity index (χ0) is 13.1. The molecular formula is C13H11ClFNO2. The van der Waals surface area contributed by atoms with Gasteiger partial charge in [0, 0.05) is 0 Å². The highest BCUT2D eigenvalue weighted by molar-refractivity contribution is 6.31. The summed E-state index contributed by atoms with van der Waals surface area (Å²) in [4.78, 5) is 3.96. The lowest BCUT2D eigenvalue weighted by Gasteiger charge is -2.10. The summed E-state index contributed by atoms with van der Waals surface area (Å²) >= 11 is 5.88. The van der Waals surface area contributed by atoms with Crippen LogP contribution in [-0.2, 0) is 0 Å². The van der Waals surface area contributed by atoms with Crippen LogP contribution in [0.5, 0.6) is 17.4 Å². The summed E-state index contributed by atoms with van der Waals surface area (Å²) in [5.74, 6) is 0.713. The molecule has 0 atom stereocenters. The Morgan fingerprint density at radius 3 is 2.56 bits per heavy atom. The Labute approximate surface area is 109 Å². The fraction of sp³-hybridized carbons (Fsp3) is 0.154. The van der Waals surface area contributed by atoms with Gasteiger partial charge >= 0.3 is 0 Å². The third kappa shape index (κ3) is 2.54. The molecule has 1 heterocycles. The molecule has 0 aliphatic heterocycles. The van der Waals surface area contributed by atoms with Crippen LogP contribution in [0.2, 0.25) is 5.02 Å². The first-order valence-electron chi connectivity index (χ1n) is 5.25. The molecule has 5 heteroatoms. The van der Waals surface area contributed by atoms with E-state index in [0.29, 0.717) is 11.5 Å². The number of para-hydroxylation sites is 2. The number of aryl methyl sites for hydroxylation is 1. The number of methoxy groups -OCH3 is 1. The zero-order valence-electron chi connectivity index (χ0n) is 9.91. The summed E-state index contributed by atoms with van der Waals surface area (Å²) in [5.41, 5.74) is 0.226. The van der Waals surface area contributed by atoms with Crippen LogP contribution in [0.25, 0.3) is 0 Å². The molecule has 0 amide bonds. The molecule has 0 saturated heterocycles. The maximum atomic E-state index is 13.2. The minimum atomic E-state index is -0.465. The predicted molar refractivity (Wildman–Crippen MR) is 67.0 cm³/mol. The molecule has 94 valence electrons. The fourth-order valence-corrected chi connectivity index (χ4v) is 1.59. The van der Waals surface area contributed by atoms with Crippen LogP contribution in [0.4, 0.5) is 4.39 Å². The largest absolute Gasteiger partial charge is 0.493 e. The first-order chi connectivity index (χ1) is 8.61. The summed E-state index contributed by atoms with van der Waals surface area (Å²) in [6.45, 7) is 1.54. The van der Waals surface area contributed by atoms with Crippen molar-refractivity contribution >= 4 is 11.6 Å². The van der Waals surface area contributed by atoms with Crippen molar-refractivity contribution in [2.45, 2.75) is 6.92 Å². The Hall–Kier alpha value is -1.81. The predicted octanol–water partition coefficient (Wildman–Crippen LogP) is 3.98. The minimum Gasteiger partial charge on any atom is -0.493 e. The number of aromatic nitrogens is 1.